The van der Waals surface area contributed by atoms with Crippen LogP contribution in [0.3, 0.4) is 0 Å². The molecule has 0 radical (unpaired) electrons. The predicted molar refractivity (Wildman–Crippen MR) is 110 cm³/mol. The number of nitrogens with zero attached hydrogens (tertiary/aromatic N) is 3. The highest BCUT2D eigenvalue weighted by atomic mass is 19.1. The monoisotopic (exact) mass is 409 g/mol. The van der Waals surface area contributed by atoms with E-state index in [4.69, 9.17) is 11.5 Å². The quantitative estimate of drug-likeness (QED) is 0.442. The summed E-state index contributed by atoms with van der Waals surface area (Å²) in [5.74, 6) is -1.80. The summed E-state index contributed by atoms with van der Waals surface area (Å²) in [6.45, 7) is 1.94. The van der Waals surface area contributed by atoms with Crippen molar-refractivity contribution < 1.29 is 14.0 Å². The minimum absolute atomic E-state index is 0.0273. The normalized spacial score (nSPS) is 11.5. The Hall–Kier alpha value is -4.08. The number of primary amides is 2. The number of aromatic nitrogens is 3. The zero-order valence-electron chi connectivity index (χ0n) is 16.1. The summed E-state index contributed by atoms with van der Waals surface area (Å²) in [6, 6.07) is 12.2. The van der Waals surface area contributed by atoms with Gasteiger partial charge in [-0.2, -0.15) is 4.98 Å². The molecule has 3 aromatic rings. The third-order valence-electron chi connectivity index (χ3n) is 4.23. The average molecular weight is 409 g/mol. The van der Waals surface area contributed by atoms with Gasteiger partial charge in [0.05, 0.1) is 0 Å². The lowest BCUT2D eigenvalue weighted by Gasteiger charge is -2.16. The third-order valence-corrected chi connectivity index (χ3v) is 4.23. The first-order valence-corrected chi connectivity index (χ1v) is 9.00. The summed E-state index contributed by atoms with van der Waals surface area (Å²) < 4.78 is 13.1. The number of aryl methyl sites for hydroxylation is 1. The Morgan fingerprint density at radius 2 is 1.70 bits per heavy atom. The molecule has 9 nitrogen and oxygen atoms in total. The van der Waals surface area contributed by atoms with Gasteiger partial charge in [0, 0.05) is 12.1 Å². The summed E-state index contributed by atoms with van der Waals surface area (Å²) in [4.78, 5) is 27.8. The van der Waals surface area contributed by atoms with Gasteiger partial charge in [0.2, 0.25) is 11.9 Å². The highest BCUT2D eigenvalue weighted by Crippen LogP contribution is 2.19. The molecule has 1 atom stereocenters. The predicted octanol–water partition coefficient (Wildman–Crippen LogP) is 1.67. The van der Waals surface area contributed by atoms with Crippen molar-refractivity contribution in [3.8, 4) is 0 Å². The zero-order chi connectivity index (χ0) is 21.7. The molecule has 10 heteroatoms. The molecule has 2 amide bonds. The van der Waals surface area contributed by atoms with Gasteiger partial charge in [-0.1, -0.05) is 29.8 Å². The van der Waals surface area contributed by atoms with Crippen LogP contribution in [-0.4, -0.2) is 33.0 Å². The van der Waals surface area contributed by atoms with Crippen LogP contribution < -0.4 is 22.1 Å². The van der Waals surface area contributed by atoms with Gasteiger partial charge >= 0.3 is 0 Å². The van der Waals surface area contributed by atoms with E-state index >= 15 is 0 Å². The van der Waals surface area contributed by atoms with Crippen LogP contribution in [0.25, 0.3) is 0 Å². The van der Waals surface area contributed by atoms with Crippen molar-refractivity contribution in [2.24, 2.45) is 11.5 Å². The highest BCUT2D eigenvalue weighted by molar-refractivity contribution is 5.96. The molecule has 0 bridgehead atoms. The van der Waals surface area contributed by atoms with Crippen LogP contribution in [0.2, 0.25) is 0 Å². The number of halogens is 1. The van der Waals surface area contributed by atoms with Crippen LogP contribution in [0, 0.1) is 12.7 Å². The van der Waals surface area contributed by atoms with E-state index in [0.29, 0.717) is 11.3 Å². The largest absolute Gasteiger partial charge is 0.368 e. The van der Waals surface area contributed by atoms with Crippen molar-refractivity contribution in [3.05, 3.63) is 71.2 Å². The van der Waals surface area contributed by atoms with E-state index in [2.05, 4.69) is 25.8 Å². The number of anilines is 3. The van der Waals surface area contributed by atoms with Crippen LogP contribution in [0.15, 0.2) is 48.5 Å². The van der Waals surface area contributed by atoms with E-state index in [9.17, 15) is 14.0 Å². The molecule has 154 valence electrons. The van der Waals surface area contributed by atoms with Crippen molar-refractivity contribution in [1.29, 1.82) is 0 Å². The molecular weight excluding hydrogens is 389 g/mol. The summed E-state index contributed by atoms with van der Waals surface area (Å²) in [7, 11) is 0. The van der Waals surface area contributed by atoms with E-state index in [1.54, 1.807) is 24.3 Å². The second-order valence-corrected chi connectivity index (χ2v) is 6.62. The van der Waals surface area contributed by atoms with Crippen molar-refractivity contribution in [1.82, 2.24) is 15.2 Å². The number of rotatable bonds is 8. The molecular formula is C20H20FN7O2. The third kappa shape index (κ3) is 5.25. The molecule has 0 fully saturated rings. The Morgan fingerprint density at radius 1 is 1.03 bits per heavy atom. The molecule has 1 aromatic heterocycles. The van der Waals surface area contributed by atoms with Crippen LogP contribution in [0.4, 0.5) is 21.8 Å². The molecule has 3 rings (SSSR count). The van der Waals surface area contributed by atoms with E-state index in [1.165, 1.54) is 12.1 Å². The molecule has 0 saturated carbocycles. The van der Waals surface area contributed by atoms with Gasteiger partial charge in [-0.3, -0.25) is 9.59 Å². The Labute approximate surface area is 171 Å². The van der Waals surface area contributed by atoms with Crippen LogP contribution >= 0.6 is 0 Å². The summed E-state index contributed by atoms with van der Waals surface area (Å²) >= 11 is 0. The van der Waals surface area contributed by atoms with Crippen LogP contribution in [0.1, 0.15) is 21.6 Å². The van der Waals surface area contributed by atoms with Crippen molar-refractivity contribution in [3.63, 3.8) is 0 Å². The number of amides is 2. The number of nitrogens with two attached hydrogens (primary N) is 2. The fourth-order valence-corrected chi connectivity index (χ4v) is 2.65. The maximum absolute atomic E-state index is 13.1. The van der Waals surface area contributed by atoms with Gasteiger partial charge in [0.1, 0.15) is 11.9 Å². The lowest BCUT2D eigenvalue weighted by molar-refractivity contribution is -0.118. The maximum atomic E-state index is 13.1. The van der Waals surface area contributed by atoms with Crippen molar-refractivity contribution in [2.75, 3.05) is 10.6 Å². The SMILES string of the molecule is Cc1ccc(Nc2nc(N[C@H](Cc3ccc(F)cc3)C(N)=O)nnc2C(N)=O)cc1. The Bertz CT molecular complexity index is 1060. The number of carbonyl (C=O) groups is 2. The molecule has 0 unspecified atom stereocenters. The average Bonchev–Trinajstić information content (AvgIpc) is 2.70. The number of hydrogen-bond donors (Lipinski definition) is 4. The zero-order valence-corrected chi connectivity index (χ0v) is 16.1. The molecule has 0 spiro atoms. The van der Waals surface area contributed by atoms with E-state index < -0.39 is 17.9 Å². The summed E-state index contributed by atoms with van der Waals surface area (Å²) in [5, 5.41) is 13.4. The van der Waals surface area contributed by atoms with Gasteiger partial charge in [-0.05, 0) is 36.8 Å². The summed E-state index contributed by atoms with van der Waals surface area (Å²) in [6.07, 6.45) is 0.178. The number of nitrogens with one attached hydrogen (secondary N) is 2. The molecule has 0 aliphatic heterocycles. The second-order valence-electron chi connectivity index (χ2n) is 6.62. The molecule has 2 aromatic carbocycles. The van der Waals surface area contributed by atoms with Crippen LogP contribution in [-0.2, 0) is 11.2 Å². The minimum Gasteiger partial charge on any atom is -0.368 e. The number of benzene rings is 2. The smallest absolute Gasteiger partial charge is 0.273 e. The second kappa shape index (κ2) is 8.95. The minimum atomic E-state index is -0.885. The van der Waals surface area contributed by atoms with E-state index in [0.717, 1.165) is 5.56 Å². The first-order chi connectivity index (χ1) is 14.3. The van der Waals surface area contributed by atoms with Crippen molar-refractivity contribution >= 4 is 29.3 Å². The molecule has 1 heterocycles. The Kier molecular flexibility index (Phi) is 6.16. The van der Waals surface area contributed by atoms with Gasteiger partial charge < -0.3 is 22.1 Å². The first kappa shape index (κ1) is 20.6. The van der Waals surface area contributed by atoms with Gasteiger partial charge in [-0.15, -0.1) is 10.2 Å². The molecule has 0 saturated heterocycles. The lowest BCUT2D eigenvalue weighted by Crippen LogP contribution is -2.38. The molecule has 0 aliphatic rings. The van der Waals surface area contributed by atoms with Gasteiger partial charge in [-0.25, -0.2) is 4.39 Å². The van der Waals surface area contributed by atoms with Gasteiger partial charge in [0.15, 0.2) is 11.5 Å². The Morgan fingerprint density at radius 3 is 2.30 bits per heavy atom. The maximum Gasteiger partial charge on any atom is 0.273 e. The standard InChI is InChI=1S/C20H20FN7O2/c1-11-2-8-14(9-3-11)24-19-16(18(23)30)27-28-20(26-19)25-15(17(22)29)10-12-4-6-13(21)7-5-12/h2-9,15H,10H2,1H3,(H2,22,29)(H2,23,30)(H2,24,25,26,28)/t15-/m1/s1. The lowest BCUT2D eigenvalue weighted by atomic mass is 10.1. The van der Waals surface area contributed by atoms with Crippen LogP contribution in [0.5, 0.6) is 0 Å². The van der Waals surface area contributed by atoms with Crippen molar-refractivity contribution in [2.45, 2.75) is 19.4 Å². The first-order valence-electron chi connectivity index (χ1n) is 9.00. The Balaban J connectivity index is 1.84. The number of hydrogen-bond acceptors (Lipinski definition) is 7. The molecule has 0 aliphatic carbocycles. The highest BCUT2D eigenvalue weighted by Gasteiger charge is 2.20. The fourth-order valence-electron chi connectivity index (χ4n) is 2.65. The fraction of sp³-hybridized carbons (Fsp3) is 0.150. The van der Waals surface area contributed by atoms with Gasteiger partial charge in [0.25, 0.3) is 5.91 Å². The molecule has 30 heavy (non-hydrogen) atoms. The number of carbonyl (C=O) groups excluding carboxylic acids is 2. The van der Waals surface area contributed by atoms with E-state index in [-0.39, 0.29) is 29.7 Å². The molecule has 6 N–H and O–H groups in total. The van der Waals surface area contributed by atoms with E-state index in [1.807, 2.05) is 19.1 Å². The topological polar surface area (TPSA) is 149 Å². The summed E-state index contributed by atoms with van der Waals surface area (Å²) in [5.41, 5.74) is 13.1.